The van der Waals surface area contributed by atoms with E-state index in [1.165, 1.54) is 0 Å². The number of nitrogens with zero attached hydrogens (tertiary/aromatic N) is 1. The molecule has 0 saturated heterocycles. The fourth-order valence-corrected chi connectivity index (χ4v) is 2.85. The van der Waals surface area contributed by atoms with Crippen molar-refractivity contribution in [1.29, 1.82) is 0 Å². The standard InChI is InChI=1S/C22H19N3O2/c1-15-10-12-16(13-11-15)23-21(26)14-27-20-9-5-2-6-17(20)22-24-18-7-3-4-8-19(18)25-22/h2-13H,14H2,1H3,(H,23,26)(H,24,25). The van der Waals surface area contributed by atoms with E-state index >= 15 is 0 Å². The van der Waals surface area contributed by atoms with E-state index in [2.05, 4.69) is 15.3 Å². The van der Waals surface area contributed by atoms with Gasteiger partial charge in [0.1, 0.15) is 11.6 Å². The van der Waals surface area contributed by atoms with Crippen LogP contribution in [0.4, 0.5) is 5.69 Å². The number of rotatable bonds is 5. The van der Waals surface area contributed by atoms with Crippen LogP contribution in [-0.4, -0.2) is 22.5 Å². The van der Waals surface area contributed by atoms with Crippen LogP contribution in [0.1, 0.15) is 5.56 Å². The van der Waals surface area contributed by atoms with E-state index in [1.54, 1.807) is 0 Å². The summed E-state index contributed by atoms with van der Waals surface area (Å²) in [4.78, 5) is 20.1. The maximum absolute atomic E-state index is 12.2. The molecule has 2 N–H and O–H groups in total. The Bertz CT molecular complexity index is 1050. The van der Waals surface area contributed by atoms with Crippen molar-refractivity contribution >= 4 is 22.6 Å². The average Bonchev–Trinajstić information content (AvgIpc) is 3.12. The van der Waals surface area contributed by atoms with Gasteiger partial charge >= 0.3 is 0 Å². The summed E-state index contributed by atoms with van der Waals surface area (Å²) in [6.45, 7) is 1.93. The predicted molar refractivity (Wildman–Crippen MR) is 107 cm³/mol. The quantitative estimate of drug-likeness (QED) is 0.550. The highest BCUT2D eigenvalue weighted by Gasteiger charge is 2.12. The Morgan fingerprint density at radius 2 is 1.74 bits per heavy atom. The Labute approximate surface area is 157 Å². The van der Waals surface area contributed by atoms with Gasteiger partial charge in [-0.05, 0) is 43.3 Å². The zero-order valence-electron chi connectivity index (χ0n) is 14.9. The van der Waals surface area contributed by atoms with E-state index in [0.29, 0.717) is 11.6 Å². The van der Waals surface area contributed by atoms with Crippen molar-refractivity contribution in [3.05, 3.63) is 78.4 Å². The van der Waals surface area contributed by atoms with Gasteiger partial charge in [0.2, 0.25) is 0 Å². The molecule has 4 aromatic rings. The lowest BCUT2D eigenvalue weighted by Crippen LogP contribution is -2.20. The monoisotopic (exact) mass is 357 g/mol. The fourth-order valence-electron chi connectivity index (χ4n) is 2.85. The molecule has 0 saturated carbocycles. The van der Waals surface area contributed by atoms with Crippen LogP contribution in [0.2, 0.25) is 0 Å². The Kier molecular flexibility index (Phi) is 4.58. The summed E-state index contributed by atoms with van der Waals surface area (Å²) in [5.41, 5.74) is 4.56. The number of para-hydroxylation sites is 3. The predicted octanol–water partition coefficient (Wildman–Crippen LogP) is 4.56. The van der Waals surface area contributed by atoms with Gasteiger partial charge in [-0.1, -0.05) is 42.0 Å². The van der Waals surface area contributed by atoms with Gasteiger partial charge in [-0.25, -0.2) is 4.98 Å². The number of fused-ring (bicyclic) bond motifs is 1. The number of aryl methyl sites for hydroxylation is 1. The number of imidazole rings is 1. The zero-order valence-corrected chi connectivity index (χ0v) is 14.9. The second-order valence-electron chi connectivity index (χ2n) is 6.30. The first-order valence-corrected chi connectivity index (χ1v) is 8.72. The molecule has 0 fully saturated rings. The van der Waals surface area contributed by atoms with Gasteiger partial charge in [-0.3, -0.25) is 4.79 Å². The molecular weight excluding hydrogens is 338 g/mol. The number of aromatic amines is 1. The smallest absolute Gasteiger partial charge is 0.262 e. The minimum atomic E-state index is -0.210. The molecule has 3 aromatic carbocycles. The summed E-state index contributed by atoms with van der Waals surface area (Å²) in [5.74, 6) is 1.11. The van der Waals surface area contributed by atoms with Gasteiger partial charge < -0.3 is 15.0 Å². The summed E-state index contributed by atoms with van der Waals surface area (Å²) in [6, 6.07) is 23.0. The van der Waals surface area contributed by atoms with Crippen LogP contribution in [0.15, 0.2) is 72.8 Å². The van der Waals surface area contributed by atoms with Crippen molar-refractivity contribution in [2.75, 3.05) is 11.9 Å². The zero-order chi connectivity index (χ0) is 18.6. The fraction of sp³-hybridized carbons (Fsp3) is 0.0909. The number of benzene rings is 3. The highest BCUT2D eigenvalue weighted by Crippen LogP contribution is 2.29. The number of anilines is 1. The summed E-state index contributed by atoms with van der Waals surface area (Å²) >= 11 is 0. The van der Waals surface area contributed by atoms with Crippen LogP contribution in [0.3, 0.4) is 0 Å². The molecule has 0 aliphatic heterocycles. The van der Waals surface area contributed by atoms with Crippen molar-refractivity contribution in [2.45, 2.75) is 6.92 Å². The van der Waals surface area contributed by atoms with Crippen LogP contribution < -0.4 is 10.1 Å². The van der Waals surface area contributed by atoms with E-state index in [0.717, 1.165) is 27.8 Å². The molecule has 0 atom stereocenters. The largest absolute Gasteiger partial charge is 0.483 e. The van der Waals surface area contributed by atoms with Crippen LogP contribution in [0.5, 0.6) is 5.75 Å². The molecule has 0 bridgehead atoms. The number of aromatic nitrogens is 2. The Balaban J connectivity index is 1.49. The van der Waals surface area contributed by atoms with Gasteiger partial charge in [0, 0.05) is 5.69 Å². The molecule has 0 spiro atoms. The van der Waals surface area contributed by atoms with Crippen molar-refractivity contribution in [3.63, 3.8) is 0 Å². The van der Waals surface area contributed by atoms with Crippen molar-refractivity contribution in [3.8, 4) is 17.1 Å². The minimum absolute atomic E-state index is 0.0783. The van der Waals surface area contributed by atoms with Gasteiger partial charge in [0.25, 0.3) is 5.91 Å². The van der Waals surface area contributed by atoms with E-state index in [-0.39, 0.29) is 12.5 Å². The molecular formula is C22H19N3O2. The first-order valence-electron chi connectivity index (χ1n) is 8.72. The number of hydrogen-bond donors (Lipinski definition) is 2. The lowest BCUT2D eigenvalue weighted by molar-refractivity contribution is -0.118. The molecule has 27 heavy (non-hydrogen) atoms. The number of carbonyl (C=O) groups excluding carboxylic acids is 1. The normalized spacial score (nSPS) is 10.7. The topological polar surface area (TPSA) is 67.0 Å². The lowest BCUT2D eigenvalue weighted by Gasteiger charge is -2.10. The Morgan fingerprint density at radius 1 is 1.00 bits per heavy atom. The van der Waals surface area contributed by atoms with E-state index < -0.39 is 0 Å². The number of carbonyl (C=O) groups is 1. The lowest BCUT2D eigenvalue weighted by atomic mass is 10.2. The number of hydrogen-bond acceptors (Lipinski definition) is 3. The van der Waals surface area contributed by atoms with E-state index in [4.69, 9.17) is 4.74 Å². The van der Waals surface area contributed by atoms with Gasteiger partial charge in [-0.2, -0.15) is 0 Å². The minimum Gasteiger partial charge on any atom is -0.483 e. The Hall–Kier alpha value is -3.60. The maximum Gasteiger partial charge on any atom is 0.262 e. The van der Waals surface area contributed by atoms with Crippen LogP contribution >= 0.6 is 0 Å². The summed E-state index contributed by atoms with van der Waals surface area (Å²) < 4.78 is 5.77. The van der Waals surface area contributed by atoms with Crippen molar-refractivity contribution in [1.82, 2.24) is 9.97 Å². The molecule has 5 nitrogen and oxygen atoms in total. The maximum atomic E-state index is 12.2. The SMILES string of the molecule is Cc1ccc(NC(=O)COc2ccccc2-c2nc3ccccc3[nH]2)cc1. The third-order valence-corrected chi connectivity index (χ3v) is 4.23. The van der Waals surface area contributed by atoms with E-state index in [1.807, 2.05) is 79.7 Å². The molecule has 0 aliphatic rings. The molecule has 5 heteroatoms. The van der Waals surface area contributed by atoms with Gasteiger partial charge in [0.15, 0.2) is 6.61 Å². The third kappa shape index (κ3) is 3.82. The number of amides is 1. The second kappa shape index (κ2) is 7.33. The Morgan fingerprint density at radius 3 is 2.56 bits per heavy atom. The first-order chi connectivity index (χ1) is 13.2. The molecule has 134 valence electrons. The number of nitrogens with one attached hydrogen (secondary N) is 2. The van der Waals surface area contributed by atoms with Gasteiger partial charge in [-0.15, -0.1) is 0 Å². The highest BCUT2D eigenvalue weighted by atomic mass is 16.5. The molecule has 0 aliphatic carbocycles. The second-order valence-corrected chi connectivity index (χ2v) is 6.30. The van der Waals surface area contributed by atoms with Crippen molar-refractivity contribution < 1.29 is 9.53 Å². The van der Waals surface area contributed by atoms with Gasteiger partial charge in [0.05, 0.1) is 16.6 Å². The number of H-pyrrole nitrogens is 1. The summed E-state index contributed by atoms with van der Waals surface area (Å²) in [6.07, 6.45) is 0. The molecule has 4 rings (SSSR count). The van der Waals surface area contributed by atoms with E-state index in [9.17, 15) is 4.79 Å². The molecule has 0 unspecified atom stereocenters. The number of ether oxygens (including phenoxy) is 1. The first kappa shape index (κ1) is 16.8. The molecule has 1 aromatic heterocycles. The third-order valence-electron chi connectivity index (χ3n) is 4.23. The van der Waals surface area contributed by atoms with Crippen LogP contribution in [-0.2, 0) is 4.79 Å². The molecule has 0 radical (unpaired) electrons. The molecule has 1 amide bonds. The average molecular weight is 357 g/mol. The highest BCUT2D eigenvalue weighted by molar-refractivity contribution is 5.92. The summed E-state index contributed by atoms with van der Waals surface area (Å²) in [7, 11) is 0. The van der Waals surface area contributed by atoms with Crippen LogP contribution in [0.25, 0.3) is 22.4 Å². The summed E-state index contributed by atoms with van der Waals surface area (Å²) in [5, 5.41) is 2.83. The molecule has 1 heterocycles. The van der Waals surface area contributed by atoms with Crippen LogP contribution in [0, 0.1) is 6.92 Å². The van der Waals surface area contributed by atoms with Crippen molar-refractivity contribution in [2.24, 2.45) is 0 Å².